The highest BCUT2D eigenvalue weighted by molar-refractivity contribution is 6.30. The third-order valence-electron chi connectivity index (χ3n) is 4.77. The van der Waals surface area contributed by atoms with E-state index in [-0.39, 0.29) is 11.8 Å². The fourth-order valence-electron chi connectivity index (χ4n) is 3.42. The van der Waals surface area contributed by atoms with E-state index in [9.17, 15) is 9.59 Å². The van der Waals surface area contributed by atoms with Crippen molar-refractivity contribution in [3.05, 3.63) is 82.9 Å². The molecule has 0 fully saturated rings. The zero-order valence-electron chi connectivity index (χ0n) is 14.4. The number of carbonyl (C=O) groups excluding carboxylic acids is 2. The Morgan fingerprint density at radius 2 is 1.77 bits per heavy atom. The first-order valence-electron chi connectivity index (χ1n) is 8.43. The molecule has 0 aromatic heterocycles. The topological polar surface area (TPSA) is 55.4 Å². The third-order valence-corrected chi connectivity index (χ3v) is 5.02. The summed E-state index contributed by atoms with van der Waals surface area (Å²) in [5.41, 5.74) is 0.266. The molecule has 0 saturated carbocycles. The Labute approximate surface area is 157 Å². The summed E-state index contributed by atoms with van der Waals surface area (Å²) in [4.78, 5) is 25.6. The Balaban J connectivity index is 2.01. The summed E-state index contributed by atoms with van der Waals surface area (Å²) in [6.45, 7) is 0. The predicted molar refractivity (Wildman–Crippen MR) is 101 cm³/mol. The second kappa shape index (κ2) is 7.75. The van der Waals surface area contributed by atoms with Crippen LogP contribution in [0.15, 0.2) is 66.7 Å². The maximum atomic E-state index is 12.8. The molecule has 1 N–H and O–H groups in total. The molecule has 0 radical (unpaired) electrons. The zero-order valence-corrected chi connectivity index (χ0v) is 15.2. The fourth-order valence-corrected chi connectivity index (χ4v) is 3.55. The highest BCUT2D eigenvalue weighted by Gasteiger charge is 2.48. The van der Waals surface area contributed by atoms with E-state index in [4.69, 9.17) is 16.3 Å². The smallest absolute Gasteiger partial charge is 0.332 e. The zero-order chi connectivity index (χ0) is 18.6. The van der Waals surface area contributed by atoms with Crippen molar-refractivity contribution in [3.8, 4) is 0 Å². The van der Waals surface area contributed by atoms with Gasteiger partial charge in [-0.2, -0.15) is 0 Å². The van der Waals surface area contributed by atoms with Gasteiger partial charge in [-0.15, -0.1) is 0 Å². The number of hydrogen-bond acceptors (Lipinski definition) is 3. The van der Waals surface area contributed by atoms with Crippen LogP contribution in [-0.4, -0.2) is 24.5 Å². The van der Waals surface area contributed by atoms with Crippen LogP contribution in [0.25, 0.3) is 0 Å². The van der Waals surface area contributed by atoms with Crippen LogP contribution in [0.2, 0.25) is 5.02 Å². The van der Waals surface area contributed by atoms with Gasteiger partial charge in [-0.3, -0.25) is 4.79 Å². The number of rotatable bonds is 4. The average molecular weight is 370 g/mol. The van der Waals surface area contributed by atoms with Gasteiger partial charge in [0.05, 0.1) is 7.11 Å². The van der Waals surface area contributed by atoms with Crippen molar-refractivity contribution in [1.29, 1.82) is 0 Å². The summed E-state index contributed by atoms with van der Waals surface area (Å²) in [6.07, 6.45) is 4.92. The van der Waals surface area contributed by atoms with Gasteiger partial charge in [0.1, 0.15) is 5.54 Å². The first-order valence-corrected chi connectivity index (χ1v) is 8.81. The molecule has 0 saturated heterocycles. The Bertz CT molecular complexity index is 817. The van der Waals surface area contributed by atoms with Gasteiger partial charge in [0.15, 0.2) is 0 Å². The van der Waals surface area contributed by atoms with Crippen molar-refractivity contribution in [2.45, 2.75) is 24.3 Å². The molecular weight excluding hydrogens is 350 g/mol. The average Bonchev–Trinajstić information content (AvgIpc) is 2.69. The number of benzene rings is 2. The molecule has 3 rings (SSSR count). The lowest BCUT2D eigenvalue weighted by Gasteiger charge is -2.40. The van der Waals surface area contributed by atoms with E-state index in [1.165, 1.54) is 7.11 Å². The molecule has 0 unspecified atom stereocenters. The Morgan fingerprint density at radius 1 is 1.08 bits per heavy atom. The molecule has 2 atom stereocenters. The number of allylic oxidation sites excluding steroid dienone is 1. The van der Waals surface area contributed by atoms with Crippen molar-refractivity contribution in [2.75, 3.05) is 7.11 Å². The summed E-state index contributed by atoms with van der Waals surface area (Å²) in [7, 11) is 1.34. The lowest BCUT2D eigenvalue weighted by molar-refractivity contribution is -0.149. The summed E-state index contributed by atoms with van der Waals surface area (Å²) in [5, 5.41) is 3.59. The second-order valence-corrected chi connectivity index (χ2v) is 6.73. The van der Waals surface area contributed by atoms with Gasteiger partial charge >= 0.3 is 5.97 Å². The minimum Gasteiger partial charge on any atom is -0.467 e. The first kappa shape index (κ1) is 18.2. The normalized spacial score (nSPS) is 21.8. The molecule has 1 amide bonds. The molecule has 0 aliphatic heterocycles. The van der Waals surface area contributed by atoms with Gasteiger partial charge in [0.25, 0.3) is 5.91 Å². The molecule has 4 nitrogen and oxygen atoms in total. The fraction of sp³-hybridized carbons (Fsp3) is 0.238. The molecule has 1 aliphatic carbocycles. The highest BCUT2D eigenvalue weighted by Crippen LogP contribution is 2.39. The highest BCUT2D eigenvalue weighted by atomic mass is 35.5. The van der Waals surface area contributed by atoms with Crippen LogP contribution in [0, 0.1) is 0 Å². The van der Waals surface area contributed by atoms with E-state index in [1.54, 1.807) is 36.4 Å². The van der Waals surface area contributed by atoms with E-state index in [0.29, 0.717) is 23.4 Å². The van der Waals surface area contributed by atoms with Gasteiger partial charge in [-0.05, 0) is 42.7 Å². The van der Waals surface area contributed by atoms with E-state index in [1.807, 2.05) is 30.4 Å². The molecular formula is C21H20ClNO3. The first-order chi connectivity index (χ1) is 12.6. The number of methoxy groups -OCH3 is 1. The molecule has 2 aromatic rings. The maximum Gasteiger partial charge on any atom is 0.332 e. The third kappa shape index (κ3) is 3.51. The Morgan fingerprint density at radius 3 is 2.42 bits per heavy atom. The summed E-state index contributed by atoms with van der Waals surface area (Å²) < 4.78 is 5.09. The summed E-state index contributed by atoms with van der Waals surface area (Å²) in [5.74, 6) is -0.999. The van der Waals surface area contributed by atoms with Gasteiger partial charge < -0.3 is 10.1 Å². The molecule has 0 spiro atoms. The van der Waals surface area contributed by atoms with Crippen LogP contribution in [0.1, 0.15) is 34.7 Å². The summed E-state index contributed by atoms with van der Waals surface area (Å²) >= 11 is 6.00. The van der Waals surface area contributed by atoms with Crippen molar-refractivity contribution >= 4 is 23.5 Å². The lowest BCUT2D eigenvalue weighted by Crippen LogP contribution is -2.59. The number of ether oxygens (including phenoxy) is 1. The van der Waals surface area contributed by atoms with E-state index < -0.39 is 11.5 Å². The Hall–Kier alpha value is -2.59. The van der Waals surface area contributed by atoms with E-state index >= 15 is 0 Å². The van der Waals surface area contributed by atoms with Gasteiger partial charge in [-0.25, -0.2) is 4.79 Å². The monoisotopic (exact) mass is 369 g/mol. The van der Waals surface area contributed by atoms with Crippen LogP contribution >= 0.6 is 11.6 Å². The van der Waals surface area contributed by atoms with E-state index in [2.05, 4.69) is 5.32 Å². The molecule has 134 valence electrons. The molecule has 2 aromatic carbocycles. The van der Waals surface area contributed by atoms with Crippen LogP contribution in [0.3, 0.4) is 0 Å². The number of esters is 1. The quantitative estimate of drug-likeness (QED) is 0.651. The maximum absolute atomic E-state index is 12.8. The molecule has 0 bridgehead atoms. The second-order valence-electron chi connectivity index (χ2n) is 6.30. The van der Waals surface area contributed by atoms with E-state index in [0.717, 1.165) is 5.56 Å². The number of halogens is 1. The largest absolute Gasteiger partial charge is 0.467 e. The predicted octanol–water partition coefficient (Wildman–Crippen LogP) is 4.12. The van der Waals surface area contributed by atoms with Crippen LogP contribution in [0.4, 0.5) is 0 Å². The summed E-state index contributed by atoms with van der Waals surface area (Å²) in [6, 6.07) is 16.2. The van der Waals surface area contributed by atoms with Gasteiger partial charge in [0.2, 0.25) is 0 Å². The number of nitrogens with one attached hydrogen (secondary N) is 1. The molecule has 26 heavy (non-hydrogen) atoms. The number of carbonyl (C=O) groups is 2. The van der Waals surface area contributed by atoms with Gasteiger partial charge in [0, 0.05) is 16.5 Å². The Kier molecular flexibility index (Phi) is 5.43. The molecule has 0 heterocycles. The van der Waals surface area contributed by atoms with Crippen molar-refractivity contribution in [3.63, 3.8) is 0 Å². The molecule has 1 aliphatic rings. The minimum absolute atomic E-state index is 0.245. The number of hydrogen-bond donors (Lipinski definition) is 1. The SMILES string of the molecule is COC(=O)[C@@]1(NC(=O)c2ccccc2)CC=CC[C@@H]1c1ccc(Cl)cc1. The van der Waals surface area contributed by atoms with Crippen LogP contribution in [0.5, 0.6) is 0 Å². The lowest BCUT2D eigenvalue weighted by atomic mass is 9.72. The minimum atomic E-state index is -1.16. The standard InChI is InChI=1S/C21H20ClNO3/c1-26-20(25)21(23-19(24)16-7-3-2-4-8-16)14-6-5-9-18(21)15-10-12-17(22)13-11-15/h2-8,10-13,18H,9,14H2,1H3,(H,23,24)/t18-,21-/m1/s1. The van der Waals surface area contributed by atoms with Crippen molar-refractivity contribution in [1.82, 2.24) is 5.32 Å². The van der Waals surface area contributed by atoms with Crippen molar-refractivity contribution < 1.29 is 14.3 Å². The molecule has 5 heteroatoms. The number of amides is 1. The van der Waals surface area contributed by atoms with Crippen LogP contribution < -0.4 is 5.32 Å². The van der Waals surface area contributed by atoms with Gasteiger partial charge in [-0.1, -0.05) is 54.1 Å². The van der Waals surface area contributed by atoms with Crippen molar-refractivity contribution in [2.24, 2.45) is 0 Å². The van der Waals surface area contributed by atoms with Crippen LogP contribution in [-0.2, 0) is 9.53 Å².